The zero-order valence-corrected chi connectivity index (χ0v) is 7.97. The smallest absolute Gasteiger partial charge is 0.315 e. The maximum atomic E-state index is 11.1. The van der Waals surface area contributed by atoms with E-state index >= 15 is 0 Å². The van der Waals surface area contributed by atoms with E-state index in [1.165, 1.54) is 12.8 Å². The Morgan fingerprint density at radius 3 is 2.58 bits per heavy atom. The van der Waals surface area contributed by atoms with Crippen molar-refractivity contribution in [2.45, 2.75) is 45.1 Å². The lowest BCUT2D eigenvalue weighted by atomic mass is 9.97. The number of nitrogens with zero attached hydrogens (tertiary/aromatic N) is 1. The Morgan fingerprint density at radius 2 is 2.00 bits per heavy atom. The lowest BCUT2D eigenvalue weighted by molar-refractivity contribution is 0.144. The lowest BCUT2D eigenvalue weighted by Gasteiger charge is -2.35. The third kappa shape index (κ3) is 1.90. The Balaban J connectivity index is 2.71. The second-order valence-electron chi connectivity index (χ2n) is 4.11. The van der Waals surface area contributed by atoms with Gasteiger partial charge in [0.15, 0.2) is 0 Å². The number of primary amides is 1. The summed E-state index contributed by atoms with van der Waals surface area (Å²) in [4.78, 5) is 12.9. The molecule has 1 saturated heterocycles. The van der Waals surface area contributed by atoms with Crippen molar-refractivity contribution < 1.29 is 4.79 Å². The van der Waals surface area contributed by atoms with Crippen molar-refractivity contribution in [2.75, 3.05) is 6.54 Å². The highest BCUT2D eigenvalue weighted by molar-refractivity contribution is 5.72. The standard InChI is InChI=1S/C9H18N2O/c1-9(2)6-4-3-5-7-11(9)8(10)12/h3-7H2,1-2H3,(H2,10,12). The third-order valence-electron chi connectivity index (χ3n) is 2.67. The summed E-state index contributed by atoms with van der Waals surface area (Å²) in [7, 11) is 0. The summed E-state index contributed by atoms with van der Waals surface area (Å²) in [5, 5.41) is 0. The molecule has 1 aliphatic rings. The highest BCUT2D eigenvalue weighted by atomic mass is 16.2. The molecule has 0 aromatic heterocycles. The first-order chi connectivity index (χ1) is 5.54. The molecule has 3 nitrogen and oxygen atoms in total. The summed E-state index contributed by atoms with van der Waals surface area (Å²) < 4.78 is 0. The number of carbonyl (C=O) groups is 1. The van der Waals surface area contributed by atoms with E-state index in [-0.39, 0.29) is 11.6 Å². The minimum atomic E-state index is -0.276. The first kappa shape index (κ1) is 9.36. The topological polar surface area (TPSA) is 46.3 Å². The molecule has 70 valence electrons. The van der Waals surface area contributed by atoms with Gasteiger partial charge in [-0.15, -0.1) is 0 Å². The van der Waals surface area contributed by atoms with Gasteiger partial charge < -0.3 is 10.6 Å². The van der Waals surface area contributed by atoms with Crippen LogP contribution in [-0.4, -0.2) is 23.0 Å². The highest BCUT2D eigenvalue weighted by Gasteiger charge is 2.30. The van der Waals surface area contributed by atoms with Crippen molar-refractivity contribution in [1.29, 1.82) is 0 Å². The molecule has 0 atom stereocenters. The number of likely N-dealkylation sites (tertiary alicyclic amines) is 1. The molecule has 0 aliphatic carbocycles. The van der Waals surface area contributed by atoms with Crippen molar-refractivity contribution in [3.63, 3.8) is 0 Å². The van der Waals surface area contributed by atoms with Crippen molar-refractivity contribution in [3.8, 4) is 0 Å². The molecule has 0 aromatic carbocycles. The first-order valence-electron chi connectivity index (χ1n) is 4.61. The lowest BCUT2D eigenvalue weighted by Crippen LogP contribution is -2.49. The molecule has 3 heteroatoms. The van der Waals surface area contributed by atoms with Crippen molar-refractivity contribution >= 4 is 6.03 Å². The predicted octanol–water partition coefficient (Wildman–Crippen LogP) is 1.72. The molecular formula is C9H18N2O. The van der Waals surface area contributed by atoms with Crippen LogP contribution in [0, 0.1) is 0 Å². The second-order valence-corrected chi connectivity index (χ2v) is 4.11. The van der Waals surface area contributed by atoms with Gasteiger partial charge in [0.2, 0.25) is 0 Å². The summed E-state index contributed by atoms with van der Waals surface area (Å²) in [6.07, 6.45) is 4.58. The van der Waals surface area contributed by atoms with Crippen LogP contribution in [0.1, 0.15) is 39.5 Å². The molecule has 1 rings (SSSR count). The van der Waals surface area contributed by atoms with E-state index < -0.39 is 0 Å². The van der Waals surface area contributed by atoms with Crippen LogP contribution in [-0.2, 0) is 0 Å². The molecule has 0 bridgehead atoms. The van der Waals surface area contributed by atoms with Crippen LogP contribution in [0.2, 0.25) is 0 Å². The molecule has 2 N–H and O–H groups in total. The molecular weight excluding hydrogens is 152 g/mol. The SMILES string of the molecule is CC1(C)CCCCCN1C(N)=O. The predicted molar refractivity (Wildman–Crippen MR) is 48.8 cm³/mol. The van der Waals surface area contributed by atoms with Crippen molar-refractivity contribution in [3.05, 3.63) is 0 Å². The Labute approximate surface area is 73.9 Å². The van der Waals surface area contributed by atoms with Crippen molar-refractivity contribution in [2.24, 2.45) is 5.73 Å². The molecule has 1 heterocycles. The molecule has 0 aromatic rings. The number of hydrogen-bond acceptors (Lipinski definition) is 1. The number of rotatable bonds is 0. The number of amides is 2. The Kier molecular flexibility index (Phi) is 2.60. The van der Waals surface area contributed by atoms with Crippen LogP contribution in [0.5, 0.6) is 0 Å². The fraction of sp³-hybridized carbons (Fsp3) is 0.889. The van der Waals surface area contributed by atoms with Gasteiger partial charge >= 0.3 is 6.03 Å². The average Bonchev–Trinajstić information content (AvgIpc) is 2.09. The van der Waals surface area contributed by atoms with Gasteiger partial charge in [0.05, 0.1) is 0 Å². The number of carbonyl (C=O) groups excluding carboxylic acids is 1. The van der Waals surface area contributed by atoms with Gasteiger partial charge in [-0.3, -0.25) is 0 Å². The maximum Gasteiger partial charge on any atom is 0.315 e. The zero-order valence-electron chi connectivity index (χ0n) is 7.97. The maximum absolute atomic E-state index is 11.1. The molecule has 1 aliphatic heterocycles. The fourth-order valence-corrected chi connectivity index (χ4v) is 1.85. The van der Waals surface area contributed by atoms with Gasteiger partial charge in [-0.2, -0.15) is 0 Å². The van der Waals surface area contributed by atoms with Crippen molar-refractivity contribution in [1.82, 2.24) is 4.90 Å². The minimum absolute atomic E-state index is 0.0394. The Morgan fingerprint density at radius 1 is 1.33 bits per heavy atom. The fourth-order valence-electron chi connectivity index (χ4n) is 1.85. The molecule has 0 spiro atoms. The Bertz CT molecular complexity index is 177. The van der Waals surface area contributed by atoms with Crippen LogP contribution in [0.15, 0.2) is 0 Å². The van der Waals surface area contributed by atoms with Gasteiger partial charge in [0.25, 0.3) is 0 Å². The number of hydrogen-bond donors (Lipinski definition) is 1. The van der Waals surface area contributed by atoms with E-state index in [1.54, 1.807) is 4.90 Å². The molecule has 1 fully saturated rings. The van der Waals surface area contributed by atoms with Crippen LogP contribution in [0.3, 0.4) is 0 Å². The van der Waals surface area contributed by atoms with Gasteiger partial charge in [-0.05, 0) is 26.7 Å². The molecule has 0 radical (unpaired) electrons. The Hall–Kier alpha value is -0.730. The van der Waals surface area contributed by atoms with Gasteiger partial charge in [0.1, 0.15) is 0 Å². The average molecular weight is 170 g/mol. The number of nitrogens with two attached hydrogens (primary N) is 1. The van der Waals surface area contributed by atoms with E-state index in [2.05, 4.69) is 13.8 Å². The molecule has 0 saturated carbocycles. The normalized spacial score (nSPS) is 23.3. The number of urea groups is 1. The van der Waals surface area contributed by atoms with Gasteiger partial charge in [-0.1, -0.05) is 12.8 Å². The summed E-state index contributed by atoms with van der Waals surface area (Å²) in [5.74, 6) is 0. The van der Waals surface area contributed by atoms with Crippen LogP contribution in [0.25, 0.3) is 0 Å². The monoisotopic (exact) mass is 170 g/mol. The minimum Gasteiger partial charge on any atom is -0.351 e. The molecule has 12 heavy (non-hydrogen) atoms. The van der Waals surface area contributed by atoms with E-state index in [0.29, 0.717) is 0 Å². The van der Waals surface area contributed by atoms with Gasteiger partial charge in [-0.25, -0.2) is 4.79 Å². The quantitative estimate of drug-likeness (QED) is 0.591. The van der Waals surface area contributed by atoms with Crippen LogP contribution < -0.4 is 5.73 Å². The summed E-state index contributed by atoms with van der Waals surface area (Å²) in [5.41, 5.74) is 5.26. The zero-order chi connectivity index (χ0) is 9.19. The summed E-state index contributed by atoms with van der Waals surface area (Å²) >= 11 is 0. The van der Waals surface area contributed by atoms with Crippen LogP contribution >= 0.6 is 0 Å². The largest absolute Gasteiger partial charge is 0.351 e. The van der Waals surface area contributed by atoms with Gasteiger partial charge in [0, 0.05) is 12.1 Å². The first-order valence-corrected chi connectivity index (χ1v) is 4.61. The molecule has 2 amide bonds. The summed E-state index contributed by atoms with van der Waals surface area (Å²) in [6.45, 7) is 4.99. The highest BCUT2D eigenvalue weighted by Crippen LogP contribution is 2.25. The third-order valence-corrected chi connectivity index (χ3v) is 2.67. The summed E-state index contributed by atoms with van der Waals surface area (Å²) in [6, 6.07) is -0.276. The molecule has 0 unspecified atom stereocenters. The van der Waals surface area contributed by atoms with E-state index in [1.807, 2.05) is 0 Å². The van der Waals surface area contributed by atoms with Crippen LogP contribution in [0.4, 0.5) is 4.79 Å². The van der Waals surface area contributed by atoms with E-state index in [4.69, 9.17) is 5.73 Å². The van der Waals surface area contributed by atoms with E-state index in [9.17, 15) is 4.79 Å². The van der Waals surface area contributed by atoms with E-state index in [0.717, 1.165) is 19.4 Å². The second kappa shape index (κ2) is 3.33.